The molecule has 8 nitrogen and oxygen atoms in total. The van der Waals surface area contributed by atoms with E-state index in [2.05, 4.69) is 35.4 Å². The van der Waals surface area contributed by atoms with Crippen LogP contribution in [0, 0.1) is 6.92 Å². The zero-order valence-electron chi connectivity index (χ0n) is 18.1. The lowest BCUT2D eigenvalue weighted by Crippen LogP contribution is -2.24. The number of ether oxygens (including phenoxy) is 1. The van der Waals surface area contributed by atoms with Crippen molar-refractivity contribution in [1.29, 1.82) is 0 Å². The number of rotatable bonds is 9. The highest BCUT2D eigenvalue weighted by molar-refractivity contribution is 5.84. The van der Waals surface area contributed by atoms with Crippen LogP contribution in [-0.2, 0) is 28.9 Å². The van der Waals surface area contributed by atoms with E-state index < -0.39 is 12.1 Å². The molecule has 0 bridgehead atoms. The van der Waals surface area contributed by atoms with Crippen molar-refractivity contribution < 1.29 is 19.4 Å². The number of unbranched alkanes of at least 4 members (excludes halogenated alkanes) is 1. The quantitative estimate of drug-likeness (QED) is 0.504. The van der Waals surface area contributed by atoms with Crippen LogP contribution in [0.4, 0.5) is 4.79 Å². The number of hydrogen-bond donors (Lipinski definition) is 2. The Morgan fingerprint density at radius 1 is 1.23 bits per heavy atom. The zero-order valence-corrected chi connectivity index (χ0v) is 18.1. The number of alkyl carbamates (subject to hydrolysis) is 1. The van der Waals surface area contributed by atoms with Gasteiger partial charge in [-0.15, -0.1) is 0 Å². The number of aryl methyl sites for hydroxylation is 2. The van der Waals surface area contributed by atoms with Crippen molar-refractivity contribution in [1.82, 2.24) is 19.9 Å². The maximum Gasteiger partial charge on any atom is 0.407 e. The molecule has 0 aliphatic rings. The van der Waals surface area contributed by atoms with Crippen molar-refractivity contribution in [3.63, 3.8) is 0 Å². The Kier molecular flexibility index (Phi) is 7.23. The first-order chi connectivity index (χ1) is 14.9. The lowest BCUT2D eigenvalue weighted by molar-refractivity contribution is -0.137. The summed E-state index contributed by atoms with van der Waals surface area (Å²) in [5, 5.41) is 16.6. The van der Waals surface area contributed by atoms with Crippen molar-refractivity contribution in [3.05, 3.63) is 53.1 Å². The number of carboxylic acid groups (broad SMARTS) is 1. The molecule has 0 spiro atoms. The zero-order chi connectivity index (χ0) is 22.4. The molecule has 0 aliphatic carbocycles. The Morgan fingerprint density at radius 3 is 2.71 bits per heavy atom. The molecular weight excluding hydrogens is 396 g/mol. The predicted molar refractivity (Wildman–Crippen MR) is 117 cm³/mol. The number of aromatic nitrogens is 3. The number of aliphatic carboxylic acids is 1. The van der Waals surface area contributed by atoms with Gasteiger partial charge in [-0.1, -0.05) is 6.92 Å². The van der Waals surface area contributed by atoms with Gasteiger partial charge in [0, 0.05) is 35.6 Å². The summed E-state index contributed by atoms with van der Waals surface area (Å²) in [5.74, 6) is -0.802. The van der Waals surface area contributed by atoms with Crippen LogP contribution < -0.4 is 5.32 Å². The highest BCUT2D eigenvalue weighted by Gasteiger charge is 2.19. The Bertz CT molecular complexity index is 1090. The number of pyridine rings is 1. The first-order valence-corrected chi connectivity index (χ1v) is 10.4. The smallest absolute Gasteiger partial charge is 0.407 e. The Balaban J connectivity index is 2.15. The van der Waals surface area contributed by atoms with Gasteiger partial charge in [-0.2, -0.15) is 5.10 Å². The standard InChI is InChI=1S/C23H28N4O4/c1-4-17-9-10-20-22(16-11-15(2)12-24-13-16)18(7-5-6-8-21(28)29)19(26-27(17)20)14-25-23(30)31-3/h9-13H,4-8,14H2,1-3H3,(H,25,30)(H,28,29). The molecule has 0 saturated carbocycles. The van der Waals surface area contributed by atoms with E-state index >= 15 is 0 Å². The third-order valence-corrected chi connectivity index (χ3v) is 5.24. The largest absolute Gasteiger partial charge is 0.481 e. The van der Waals surface area contributed by atoms with E-state index in [0.717, 1.165) is 45.6 Å². The second-order valence-electron chi connectivity index (χ2n) is 7.47. The van der Waals surface area contributed by atoms with Crippen LogP contribution >= 0.6 is 0 Å². The summed E-state index contributed by atoms with van der Waals surface area (Å²) >= 11 is 0. The van der Waals surface area contributed by atoms with Gasteiger partial charge >= 0.3 is 12.1 Å². The van der Waals surface area contributed by atoms with E-state index in [1.807, 2.05) is 23.8 Å². The molecule has 8 heteroatoms. The average Bonchev–Trinajstić information content (AvgIpc) is 3.16. The SMILES string of the molecule is CCc1ccc2c(-c3cncc(C)c3)c(CCCCC(=O)O)c(CNC(=O)OC)nn12. The van der Waals surface area contributed by atoms with Crippen molar-refractivity contribution >= 4 is 17.6 Å². The molecule has 0 unspecified atom stereocenters. The van der Waals surface area contributed by atoms with E-state index in [1.165, 1.54) is 7.11 Å². The van der Waals surface area contributed by atoms with E-state index in [1.54, 1.807) is 0 Å². The Hall–Kier alpha value is -3.42. The number of carboxylic acids is 1. The first kappa shape index (κ1) is 22.3. The lowest BCUT2D eigenvalue weighted by Gasteiger charge is -2.18. The van der Waals surface area contributed by atoms with Crippen molar-refractivity contribution in [2.24, 2.45) is 0 Å². The molecule has 31 heavy (non-hydrogen) atoms. The van der Waals surface area contributed by atoms with Gasteiger partial charge in [0.15, 0.2) is 0 Å². The van der Waals surface area contributed by atoms with E-state index in [9.17, 15) is 9.59 Å². The molecule has 0 radical (unpaired) electrons. The fraction of sp³-hybridized carbons (Fsp3) is 0.391. The maximum absolute atomic E-state index is 11.7. The van der Waals surface area contributed by atoms with Gasteiger partial charge in [0.1, 0.15) is 0 Å². The molecule has 164 valence electrons. The third kappa shape index (κ3) is 5.20. The summed E-state index contributed by atoms with van der Waals surface area (Å²) < 4.78 is 6.65. The van der Waals surface area contributed by atoms with Crippen LogP contribution in [0.1, 0.15) is 48.7 Å². The van der Waals surface area contributed by atoms with Crippen molar-refractivity contribution in [2.45, 2.75) is 52.5 Å². The predicted octanol–water partition coefficient (Wildman–Crippen LogP) is 3.92. The summed E-state index contributed by atoms with van der Waals surface area (Å²) in [7, 11) is 1.32. The first-order valence-electron chi connectivity index (χ1n) is 10.4. The van der Waals surface area contributed by atoms with Crippen molar-refractivity contribution in [2.75, 3.05) is 7.11 Å². The minimum absolute atomic E-state index is 0.123. The molecule has 0 fully saturated rings. The molecule has 0 aliphatic heterocycles. The highest BCUT2D eigenvalue weighted by atomic mass is 16.5. The molecule has 3 heterocycles. The Labute approximate surface area is 181 Å². The van der Waals surface area contributed by atoms with Crippen molar-refractivity contribution in [3.8, 4) is 11.1 Å². The summed E-state index contributed by atoms with van der Waals surface area (Å²) in [6, 6.07) is 6.20. The van der Waals surface area contributed by atoms with Crippen LogP contribution in [-0.4, -0.2) is 38.9 Å². The van der Waals surface area contributed by atoms with Gasteiger partial charge in [0.25, 0.3) is 0 Å². The number of amides is 1. The minimum atomic E-state index is -0.802. The minimum Gasteiger partial charge on any atom is -0.481 e. The van der Waals surface area contributed by atoms with Gasteiger partial charge < -0.3 is 15.2 Å². The lowest BCUT2D eigenvalue weighted by atomic mass is 9.94. The number of hydrogen-bond acceptors (Lipinski definition) is 5. The van der Waals surface area contributed by atoms with Crippen LogP contribution in [0.3, 0.4) is 0 Å². The number of carbonyl (C=O) groups is 2. The molecular formula is C23H28N4O4. The second-order valence-corrected chi connectivity index (χ2v) is 7.47. The van der Waals surface area contributed by atoms with E-state index in [0.29, 0.717) is 19.3 Å². The number of fused-ring (bicyclic) bond motifs is 1. The van der Waals surface area contributed by atoms with Crippen LogP contribution in [0.5, 0.6) is 0 Å². The number of nitrogens with one attached hydrogen (secondary N) is 1. The Morgan fingerprint density at radius 2 is 2.03 bits per heavy atom. The summed E-state index contributed by atoms with van der Waals surface area (Å²) in [5.41, 5.74) is 6.79. The fourth-order valence-electron chi connectivity index (χ4n) is 3.76. The normalized spacial score (nSPS) is 10.9. The molecule has 3 aromatic heterocycles. The van der Waals surface area contributed by atoms with Gasteiger partial charge in [0.2, 0.25) is 0 Å². The molecule has 3 rings (SSSR count). The van der Waals surface area contributed by atoms with E-state index in [4.69, 9.17) is 14.9 Å². The summed E-state index contributed by atoms with van der Waals surface area (Å²) in [6.07, 6.45) is 5.96. The molecule has 0 saturated heterocycles. The van der Waals surface area contributed by atoms with Gasteiger partial charge in [-0.3, -0.25) is 9.78 Å². The molecule has 1 amide bonds. The summed E-state index contributed by atoms with van der Waals surface area (Å²) in [6.45, 7) is 4.28. The molecule has 2 N–H and O–H groups in total. The topological polar surface area (TPSA) is 106 Å². The maximum atomic E-state index is 11.7. The van der Waals surface area contributed by atoms with Crippen LogP contribution in [0.25, 0.3) is 16.6 Å². The average molecular weight is 425 g/mol. The van der Waals surface area contributed by atoms with Crippen LogP contribution in [0.2, 0.25) is 0 Å². The number of carbonyl (C=O) groups excluding carboxylic acids is 1. The third-order valence-electron chi connectivity index (χ3n) is 5.24. The molecule has 0 atom stereocenters. The molecule has 0 aromatic carbocycles. The van der Waals surface area contributed by atoms with Gasteiger partial charge in [-0.25, -0.2) is 9.31 Å². The highest BCUT2D eigenvalue weighted by Crippen LogP contribution is 2.33. The summed E-state index contributed by atoms with van der Waals surface area (Å²) in [4.78, 5) is 27.0. The van der Waals surface area contributed by atoms with Gasteiger partial charge in [0.05, 0.1) is 24.9 Å². The van der Waals surface area contributed by atoms with Crippen LogP contribution in [0.15, 0.2) is 30.6 Å². The monoisotopic (exact) mass is 424 g/mol. The van der Waals surface area contributed by atoms with E-state index in [-0.39, 0.29) is 13.0 Å². The fourth-order valence-corrected chi connectivity index (χ4v) is 3.76. The van der Waals surface area contributed by atoms with Gasteiger partial charge in [-0.05, 0) is 61.9 Å². The number of nitrogens with zero attached hydrogens (tertiary/aromatic N) is 3. The second kappa shape index (κ2) is 10.1. The number of methoxy groups -OCH3 is 1. The molecule has 3 aromatic rings.